The van der Waals surface area contributed by atoms with Crippen LogP contribution in [-0.4, -0.2) is 34.4 Å². The van der Waals surface area contributed by atoms with Crippen molar-refractivity contribution in [3.8, 4) is 0 Å². The first-order valence-corrected chi connectivity index (χ1v) is 5.08. The highest BCUT2D eigenvalue weighted by atomic mass is 16.3. The molecule has 0 bridgehead atoms. The van der Waals surface area contributed by atoms with Crippen molar-refractivity contribution < 1.29 is 5.11 Å². The van der Waals surface area contributed by atoms with E-state index in [4.69, 9.17) is 10.8 Å². The SMILES string of the molecule is C=CCN(CCO)c1c(N)n(C)c(=O)[nH]c1=O. The van der Waals surface area contributed by atoms with Gasteiger partial charge in [-0.05, 0) is 0 Å². The van der Waals surface area contributed by atoms with Gasteiger partial charge in [-0.25, -0.2) is 4.79 Å². The molecular formula is C10H16N4O3. The molecule has 1 aromatic heterocycles. The highest BCUT2D eigenvalue weighted by Gasteiger charge is 2.15. The Balaban J connectivity index is 3.37. The fourth-order valence-electron chi connectivity index (χ4n) is 1.50. The molecule has 7 nitrogen and oxygen atoms in total. The van der Waals surface area contributed by atoms with Crippen LogP contribution in [0.15, 0.2) is 22.2 Å². The van der Waals surface area contributed by atoms with E-state index >= 15 is 0 Å². The number of hydrogen-bond donors (Lipinski definition) is 3. The summed E-state index contributed by atoms with van der Waals surface area (Å²) in [7, 11) is 1.46. The van der Waals surface area contributed by atoms with Crippen LogP contribution in [0.5, 0.6) is 0 Å². The summed E-state index contributed by atoms with van der Waals surface area (Å²) >= 11 is 0. The summed E-state index contributed by atoms with van der Waals surface area (Å²) < 4.78 is 1.14. The molecule has 0 aliphatic carbocycles. The maximum Gasteiger partial charge on any atom is 0.329 e. The molecule has 4 N–H and O–H groups in total. The minimum Gasteiger partial charge on any atom is -0.395 e. The number of H-pyrrole nitrogens is 1. The van der Waals surface area contributed by atoms with Gasteiger partial charge in [0.05, 0.1) is 6.61 Å². The molecule has 0 fully saturated rings. The summed E-state index contributed by atoms with van der Waals surface area (Å²) in [6.45, 7) is 4.02. The van der Waals surface area contributed by atoms with Gasteiger partial charge in [0.15, 0.2) is 0 Å². The molecule has 0 aliphatic heterocycles. The van der Waals surface area contributed by atoms with Crippen molar-refractivity contribution in [2.75, 3.05) is 30.3 Å². The molecule has 0 amide bonds. The van der Waals surface area contributed by atoms with Crippen molar-refractivity contribution in [3.05, 3.63) is 33.5 Å². The van der Waals surface area contributed by atoms with Gasteiger partial charge in [0, 0.05) is 20.1 Å². The first-order valence-electron chi connectivity index (χ1n) is 5.08. The van der Waals surface area contributed by atoms with E-state index in [1.54, 1.807) is 11.0 Å². The molecule has 0 aliphatic rings. The van der Waals surface area contributed by atoms with Gasteiger partial charge in [-0.3, -0.25) is 14.3 Å². The van der Waals surface area contributed by atoms with E-state index < -0.39 is 11.2 Å². The van der Waals surface area contributed by atoms with E-state index in [-0.39, 0.29) is 24.7 Å². The number of aromatic amines is 1. The lowest BCUT2D eigenvalue weighted by Gasteiger charge is -2.23. The fraction of sp³-hybridized carbons (Fsp3) is 0.400. The zero-order valence-corrected chi connectivity index (χ0v) is 9.64. The number of nitrogens with zero attached hydrogens (tertiary/aromatic N) is 2. The molecule has 0 aromatic carbocycles. The van der Waals surface area contributed by atoms with Crippen LogP contribution in [0.4, 0.5) is 11.5 Å². The number of aromatic nitrogens is 2. The van der Waals surface area contributed by atoms with Crippen LogP contribution in [0, 0.1) is 0 Å². The van der Waals surface area contributed by atoms with E-state index in [1.807, 2.05) is 0 Å². The molecule has 94 valence electrons. The Labute approximate surface area is 97.8 Å². The Bertz CT molecular complexity index is 517. The first kappa shape index (κ1) is 13.0. The van der Waals surface area contributed by atoms with E-state index in [2.05, 4.69) is 11.6 Å². The van der Waals surface area contributed by atoms with E-state index in [1.165, 1.54) is 7.05 Å². The van der Waals surface area contributed by atoms with E-state index in [0.717, 1.165) is 4.57 Å². The lowest BCUT2D eigenvalue weighted by Crippen LogP contribution is -2.38. The van der Waals surface area contributed by atoms with Crippen LogP contribution >= 0.6 is 0 Å². The first-order chi connectivity index (χ1) is 8.02. The zero-order chi connectivity index (χ0) is 13.0. The standard InChI is InChI=1S/C10H16N4O3/c1-3-4-14(5-6-15)7-8(11)13(2)10(17)12-9(7)16/h3,15H,1,4-6,11H2,2H3,(H,12,16,17). The Hall–Kier alpha value is -2.02. The third-order valence-electron chi connectivity index (χ3n) is 2.38. The maximum absolute atomic E-state index is 11.7. The molecule has 7 heteroatoms. The summed E-state index contributed by atoms with van der Waals surface area (Å²) in [4.78, 5) is 26.7. The third-order valence-corrected chi connectivity index (χ3v) is 2.38. The van der Waals surface area contributed by atoms with Gasteiger partial charge in [0.2, 0.25) is 0 Å². The predicted molar refractivity (Wildman–Crippen MR) is 66.2 cm³/mol. The van der Waals surface area contributed by atoms with Gasteiger partial charge in [-0.1, -0.05) is 6.08 Å². The minimum absolute atomic E-state index is 0.0639. The highest BCUT2D eigenvalue weighted by Crippen LogP contribution is 2.14. The van der Waals surface area contributed by atoms with Crippen molar-refractivity contribution in [2.45, 2.75) is 0 Å². The van der Waals surface area contributed by atoms with Crippen molar-refractivity contribution in [3.63, 3.8) is 0 Å². The van der Waals surface area contributed by atoms with Crippen LogP contribution in [0.1, 0.15) is 0 Å². The molecule has 1 aromatic rings. The van der Waals surface area contributed by atoms with Crippen LogP contribution < -0.4 is 21.9 Å². The molecule has 0 saturated heterocycles. The summed E-state index contributed by atoms with van der Waals surface area (Å²) in [5.41, 5.74) is 4.76. The van der Waals surface area contributed by atoms with Gasteiger partial charge in [0.1, 0.15) is 11.5 Å². The minimum atomic E-state index is -0.571. The largest absolute Gasteiger partial charge is 0.395 e. The molecule has 0 atom stereocenters. The number of aliphatic hydroxyl groups excluding tert-OH is 1. The van der Waals surface area contributed by atoms with Gasteiger partial charge in [-0.2, -0.15) is 0 Å². The lowest BCUT2D eigenvalue weighted by molar-refractivity contribution is 0.303. The zero-order valence-electron chi connectivity index (χ0n) is 9.64. The van der Waals surface area contributed by atoms with Crippen LogP contribution in [0.25, 0.3) is 0 Å². The fourth-order valence-corrected chi connectivity index (χ4v) is 1.50. The average molecular weight is 240 g/mol. The predicted octanol–water partition coefficient (Wildman–Crippen LogP) is -1.36. The number of hydrogen-bond acceptors (Lipinski definition) is 5. The number of anilines is 2. The Morgan fingerprint density at radius 2 is 2.24 bits per heavy atom. The van der Waals surface area contributed by atoms with Crippen LogP contribution in [0.3, 0.4) is 0 Å². The number of nitrogens with two attached hydrogens (primary N) is 1. The molecule has 17 heavy (non-hydrogen) atoms. The monoisotopic (exact) mass is 240 g/mol. The Morgan fingerprint density at radius 1 is 1.59 bits per heavy atom. The molecule has 0 radical (unpaired) electrons. The third kappa shape index (κ3) is 2.56. The van der Waals surface area contributed by atoms with Crippen molar-refractivity contribution in [1.82, 2.24) is 9.55 Å². The Morgan fingerprint density at radius 3 is 2.76 bits per heavy atom. The average Bonchev–Trinajstić information content (AvgIpc) is 2.27. The normalized spacial score (nSPS) is 10.2. The topological polar surface area (TPSA) is 104 Å². The van der Waals surface area contributed by atoms with Gasteiger partial charge in [-0.15, -0.1) is 6.58 Å². The smallest absolute Gasteiger partial charge is 0.329 e. The highest BCUT2D eigenvalue weighted by molar-refractivity contribution is 5.62. The summed E-state index contributed by atoms with van der Waals surface area (Å²) in [5.74, 6) is 0.0639. The number of nitrogens with one attached hydrogen (secondary N) is 1. The number of rotatable bonds is 5. The molecule has 1 rings (SSSR count). The number of nitrogen functional groups attached to an aromatic ring is 1. The molecule has 1 heterocycles. The van der Waals surface area contributed by atoms with Crippen molar-refractivity contribution in [1.29, 1.82) is 0 Å². The summed E-state index contributed by atoms with van der Waals surface area (Å²) in [6, 6.07) is 0. The molecule has 0 spiro atoms. The Kier molecular flexibility index (Phi) is 4.11. The van der Waals surface area contributed by atoms with Crippen molar-refractivity contribution in [2.24, 2.45) is 7.05 Å². The number of aliphatic hydroxyl groups is 1. The van der Waals surface area contributed by atoms with Gasteiger partial charge >= 0.3 is 5.69 Å². The van der Waals surface area contributed by atoms with Crippen molar-refractivity contribution >= 4 is 11.5 Å². The van der Waals surface area contributed by atoms with E-state index in [0.29, 0.717) is 6.54 Å². The second-order valence-corrected chi connectivity index (χ2v) is 3.51. The quantitative estimate of drug-likeness (QED) is 0.551. The second kappa shape index (κ2) is 5.35. The maximum atomic E-state index is 11.7. The van der Waals surface area contributed by atoms with Crippen LogP contribution in [0.2, 0.25) is 0 Å². The second-order valence-electron chi connectivity index (χ2n) is 3.51. The molecule has 0 saturated carbocycles. The van der Waals surface area contributed by atoms with Gasteiger partial charge < -0.3 is 15.7 Å². The lowest BCUT2D eigenvalue weighted by atomic mass is 10.3. The molecule has 0 unspecified atom stereocenters. The van der Waals surface area contributed by atoms with Crippen LogP contribution in [-0.2, 0) is 7.05 Å². The van der Waals surface area contributed by atoms with Gasteiger partial charge in [0.25, 0.3) is 5.56 Å². The van der Waals surface area contributed by atoms with E-state index in [9.17, 15) is 9.59 Å². The molecular weight excluding hydrogens is 224 g/mol. The summed E-state index contributed by atoms with van der Waals surface area (Å²) in [6.07, 6.45) is 1.58. The summed E-state index contributed by atoms with van der Waals surface area (Å²) in [5, 5.41) is 8.93.